The van der Waals surface area contributed by atoms with Crippen molar-refractivity contribution in [3.05, 3.63) is 24.3 Å². The van der Waals surface area contributed by atoms with Crippen molar-refractivity contribution in [1.29, 1.82) is 0 Å². The van der Waals surface area contributed by atoms with Gasteiger partial charge in [0.2, 0.25) is 0 Å². The van der Waals surface area contributed by atoms with Crippen molar-refractivity contribution in [2.45, 2.75) is 13.8 Å². The summed E-state index contributed by atoms with van der Waals surface area (Å²) in [7, 11) is 0. The zero-order valence-corrected chi connectivity index (χ0v) is 18.1. The molecule has 30 heavy (non-hydrogen) atoms. The van der Waals surface area contributed by atoms with Crippen LogP contribution in [0.4, 0.5) is 0 Å². The molecule has 0 aliphatic carbocycles. The number of hydrogen-bond donors (Lipinski definition) is 2. The van der Waals surface area contributed by atoms with Crippen LogP contribution < -0.4 is 0 Å². The zero-order chi connectivity index (χ0) is 23.0. The molecule has 0 bridgehead atoms. The summed E-state index contributed by atoms with van der Waals surface area (Å²) in [4.78, 5) is 21.9. The number of esters is 2. The Labute approximate surface area is 178 Å². The SMILES string of the molecule is C=C(C)C(=O)OCCOCCOC(=O)C(=C)C.OCCOCCOCCOCCO. The Morgan fingerprint density at radius 2 is 0.833 bits per heavy atom. The van der Waals surface area contributed by atoms with Crippen molar-refractivity contribution in [3.8, 4) is 0 Å². The number of hydrogen-bond acceptors (Lipinski definition) is 10. The van der Waals surface area contributed by atoms with E-state index in [9.17, 15) is 9.59 Å². The first-order valence-corrected chi connectivity index (χ1v) is 9.54. The monoisotopic (exact) mass is 436 g/mol. The lowest BCUT2D eigenvalue weighted by Crippen LogP contribution is -2.14. The average molecular weight is 436 g/mol. The quantitative estimate of drug-likeness (QED) is 0.175. The largest absolute Gasteiger partial charge is 0.460 e. The van der Waals surface area contributed by atoms with Crippen LogP contribution in [0.2, 0.25) is 0 Å². The third kappa shape index (κ3) is 24.2. The minimum absolute atomic E-state index is 0.0413. The van der Waals surface area contributed by atoms with Gasteiger partial charge in [-0.3, -0.25) is 0 Å². The molecule has 0 aliphatic rings. The van der Waals surface area contributed by atoms with Gasteiger partial charge in [0.1, 0.15) is 13.2 Å². The molecule has 0 atom stereocenters. The van der Waals surface area contributed by atoms with Crippen LogP contribution in [-0.2, 0) is 38.0 Å². The van der Waals surface area contributed by atoms with Gasteiger partial charge in [-0.2, -0.15) is 0 Å². The molecule has 176 valence electrons. The second kappa shape index (κ2) is 23.5. The summed E-state index contributed by atoms with van der Waals surface area (Å²) in [6, 6.07) is 0. The molecule has 0 heterocycles. The Hall–Kier alpha value is -1.82. The first kappa shape index (κ1) is 30.4. The second-order valence-electron chi connectivity index (χ2n) is 5.73. The summed E-state index contributed by atoms with van der Waals surface area (Å²) < 4.78 is 29.7. The molecular formula is C20H36O10. The highest BCUT2D eigenvalue weighted by atomic mass is 16.6. The fraction of sp³-hybridized carbons (Fsp3) is 0.700. The maximum absolute atomic E-state index is 10.9. The van der Waals surface area contributed by atoms with Gasteiger partial charge in [-0.05, 0) is 13.8 Å². The molecule has 0 fully saturated rings. The van der Waals surface area contributed by atoms with Crippen molar-refractivity contribution >= 4 is 11.9 Å². The van der Waals surface area contributed by atoms with Gasteiger partial charge in [-0.25, -0.2) is 9.59 Å². The minimum Gasteiger partial charge on any atom is -0.460 e. The van der Waals surface area contributed by atoms with Crippen LogP contribution in [0, 0.1) is 0 Å². The maximum Gasteiger partial charge on any atom is 0.333 e. The van der Waals surface area contributed by atoms with Crippen molar-refractivity contribution in [1.82, 2.24) is 0 Å². The summed E-state index contributed by atoms with van der Waals surface area (Å²) in [5.41, 5.74) is 0.695. The van der Waals surface area contributed by atoms with E-state index in [4.69, 9.17) is 38.6 Å². The van der Waals surface area contributed by atoms with Gasteiger partial charge in [0, 0.05) is 11.1 Å². The van der Waals surface area contributed by atoms with Crippen LogP contribution in [0.15, 0.2) is 24.3 Å². The predicted molar refractivity (Wildman–Crippen MR) is 109 cm³/mol. The third-order valence-corrected chi connectivity index (χ3v) is 2.83. The van der Waals surface area contributed by atoms with Crippen LogP contribution >= 0.6 is 0 Å². The van der Waals surface area contributed by atoms with Gasteiger partial charge in [0.05, 0.1) is 66.1 Å². The van der Waals surface area contributed by atoms with Crippen molar-refractivity contribution < 1.29 is 48.2 Å². The molecule has 0 rings (SSSR count). The number of rotatable bonds is 18. The highest BCUT2D eigenvalue weighted by Crippen LogP contribution is 1.93. The second-order valence-corrected chi connectivity index (χ2v) is 5.73. The summed E-state index contributed by atoms with van der Waals surface area (Å²) in [6.07, 6.45) is 0. The predicted octanol–water partition coefficient (Wildman–Crippen LogP) is 0.262. The molecule has 0 aromatic heterocycles. The summed E-state index contributed by atoms with van der Waals surface area (Å²) in [5.74, 6) is -0.885. The van der Waals surface area contributed by atoms with Gasteiger partial charge in [0.25, 0.3) is 0 Å². The van der Waals surface area contributed by atoms with E-state index in [0.29, 0.717) is 50.8 Å². The van der Waals surface area contributed by atoms with E-state index in [2.05, 4.69) is 13.2 Å². The van der Waals surface area contributed by atoms with Crippen LogP contribution in [0.25, 0.3) is 0 Å². The normalized spacial score (nSPS) is 10.0. The first-order valence-electron chi connectivity index (χ1n) is 9.54. The number of aliphatic hydroxyl groups excluding tert-OH is 2. The molecule has 0 radical (unpaired) electrons. The lowest BCUT2D eigenvalue weighted by molar-refractivity contribution is -0.141. The molecule has 2 N–H and O–H groups in total. The molecular weight excluding hydrogens is 400 g/mol. The Morgan fingerprint density at radius 1 is 0.567 bits per heavy atom. The fourth-order valence-electron chi connectivity index (χ4n) is 1.41. The average Bonchev–Trinajstić information content (AvgIpc) is 2.71. The van der Waals surface area contributed by atoms with E-state index in [0.717, 1.165) is 0 Å². The smallest absolute Gasteiger partial charge is 0.333 e. The summed E-state index contributed by atoms with van der Waals surface area (Å²) in [6.45, 7) is 13.6. The van der Waals surface area contributed by atoms with Gasteiger partial charge in [0.15, 0.2) is 0 Å². The van der Waals surface area contributed by atoms with Crippen LogP contribution in [0.5, 0.6) is 0 Å². The Morgan fingerprint density at radius 3 is 1.10 bits per heavy atom. The lowest BCUT2D eigenvalue weighted by atomic mass is 10.4. The maximum atomic E-state index is 10.9. The van der Waals surface area contributed by atoms with Crippen LogP contribution in [0.3, 0.4) is 0 Å². The first-order chi connectivity index (χ1) is 14.4. The van der Waals surface area contributed by atoms with Gasteiger partial charge in [-0.1, -0.05) is 13.2 Å². The lowest BCUT2D eigenvalue weighted by Gasteiger charge is -2.06. The summed E-state index contributed by atoms with van der Waals surface area (Å²) in [5, 5.41) is 16.7. The molecule has 0 unspecified atom stereocenters. The van der Waals surface area contributed by atoms with Gasteiger partial charge < -0.3 is 38.6 Å². The molecule has 0 aromatic rings. The van der Waals surface area contributed by atoms with Crippen molar-refractivity contribution in [2.24, 2.45) is 0 Å². The van der Waals surface area contributed by atoms with Crippen LogP contribution in [-0.4, -0.2) is 101 Å². The number of carbonyl (C=O) groups excluding carboxylic acids is 2. The third-order valence-electron chi connectivity index (χ3n) is 2.83. The highest BCUT2D eigenvalue weighted by molar-refractivity contribution is 5.87. The van der Waals surface area contributed by atoms with Crippen molar-refractivity contribution in [3.63, 3.8) is 0 Å². The number of carbonyl (C=O) groups is 2. The molecule has 10 heteroatoms. The molecule has 0 aliphatic heterocycles. The minimum atomic E-state index is -0.442. The molecule has 10 nitrogen and oxygen atoms in total. The van der Waals surface area contributed by atoms with Gasteiger partial charge in [-0.15, -0.1) is 0 Å². The van der Waals surface area contributed by atoms with E-state index < -0.39 is 11.9 Å². The zero-order valence-electron chi connectivity index (χ0n) is 18.1. The number of aliphatic hydroxyl groups is 2. The molecule has 0 aromatic carbocycles. The van der Waals surface area contributed by atoms with E-state index in [-0.39, 0.29) is 39.6 Å². The molecule has 0 saturated heterocycles. The van der Waals surface area contributed by atoms with E-state index in [1.165, 1.54) is 0 Å². The fourth-order valence-corrected chi connectivity index (χ4v) is 1.41. The summed E-state index contributed by atoms with van der Waals surface area (Å²) >= 11 is 0. The standard InChI is InChI=1S/C12H18O5.C8H18O5/c1-9(2)11(13)16-7-5-15-6-8-17-12(14)10(3)4;9-1-3-11-5-7-13-8-6-12-4-2-10/h1,3,5-8H2,2,4H3;9-10H,1-8H2. The number of ether oxygens (including phenoxy) is 6. The Bertz CT molecular complexity index is 425. The van der Waals surface area contributed by atoms with Crippen LogP contribution in [0.1, 0.15) is 13.8 Å². The van der Waals surface area contributed by atoms with E-state index >= 15 is 0 Å². The van der Waals surface area contributed by atoms with E-state index in [1.807, 2.05) is 0 Å². The Kier molecular flexibility index (Phi) is 23.8. The topological polar surface area (TPSA) is 130 Å². The van der Waals surface area contributed by atoms with E-state index in [1.54, 1.807) is 13.8 Å². The van der Waals surface area contributed by atoms with Crippen molar-refractivity contribution in [2.75, 3.05) is 79.3 Å². The molecule has 0 amide bonds. The molecule has 0 saturated carbocycles. The molecule has 0 spiro atoms. The Balaban J connectivity index is 0. The highest BCUT2D eigenvalue weighted by Gasteiger charge is 2.03. The van der Waals surface area contributed by atoms with Gasteiger partial charge >= 0.3 is 11.9 Å².